The summed E-state index contributed by atoms with van der Waals surface area (Å²) in [6.45, 7) is 0. The van der Waals surface area contributed by atoms with Crippen molar-refractivity contribution in [3.8, 4) is 0 Å². The molecule has 1 aliphatic carbocycles. The molecule has 0 saturated heterocycles. The van der Waals surface area contributed by atoms with Crippen LogP contribution in [-0.2, 0) is 0 Å². The van der Waals surface area contributed by atoms with Gasteiger partial charge in [-0.1, -0.05) is 32.1 Å². The summed E-state index contributed by atoms with van der Waals surface area (Å²) in [5, 5.41) is 0. The first kappa shape index (κ1) is 10.9. The molecule has 0 atom stereocenters. The standard InChI is InChI=1S/C5H10.H3N.U.H2/c1-2-4-5-3-1;;;/h1-5H2;1H3;;1H. The van der Waals surface area contributed by atoms with Gasteiger partial charge in [0.1, 0.15) is 0 Å². The zero-order chi connectivity index (χ0) is 3.54. The summed E-state index contributed by atoms with van der Waals surface area (Å²) >= 11 is 0. The maximum absolute atomic E-state index is 1.50. The molecule has 1 aliphatic rings. The number of rotatable bonds is 0. The van der Waals surface area contributed by atoms with Gasteiger partial charge in [-0.05, 0) is 0 Å². The van der Waals surface area contributed by atoms with Gasteiger partial charge in [-0.15, -0.1) is 0 Å². The van der Waals surface area contributed by atoms with Crippen LogP contribution in [0.1, 0.15) is 33.5 Å². The SMILES string of the molecule is C1CCCC1.N.[HH].[U]. The third-order valence-electron chi connectivity index (χ3n) is 1.25. The van der Waals surface area contributed by atoms with E-state index in [2.05, 4.69) is 0 Å². The maximum Gasteiger partial charge on any atom is 0 e. The first-order valence-corrected chi connectivity index (χ1v) is 2.50. The van der Waals surface area contributed by atoms with Crippen LogP contribution in [0.4, 0.5) is 0 Å². The van der Waals surface area contributed by atoms with E-state index in [-0.39, 0.29) is 38.7 Å². The van der Waals surface area contributed by atoms with Gasteiger partial charge >= 0.3 is 0 Å². The predicted octanol–water partition coefficient (Wildman–Crippen LogP) is 2.36. The molecular weight excluding hydrogens is 312 g/mol. The van der Waals surface area contributed by atoms with E-state index in [4.69, 9.17) is 0 Å². The van der Waals surface area contributed by atoms with Crippen LogP contribution in [0.15, 0.2) is 0 Å². The molecule has 0 aromatic rings. The largest absolute Gasteiger partial charge is 0.344 e. The summed E-state index contributed by atoms with van der Waals surface area (Å²) in [7, 11) is 0. The second-order valence-corrected chi connectivity index (χ2v) is 1.77. The predicted molar refractivity (Wildman–Crippen MR) is 30.2 cm³/mol. The van der Waals surface area contributed by atoms with Gasteiger partial charge in [-0.25, -0.2) is 0 Å². The summed E-state index contributed by atoms with van der Waals surface area (Å²) in [4.78, 5) is 0. The van der Waals surface area contributed by atoms with Crippen molar-refractivity contribution in [3.63, 3.8) is 0 Å². The summed E-state index contributed by atoms with van der Waals surface area (Å²) in [5.74, 6) is 0. The summed E-state index contributed by atoms with van der Waals surface area (Å²) in [5.41, 5.74) is 0. The molecule has 1 nitrogen and oxygen atoms in total. The van der Waals surface area contributed by atoms with Crippen molar-refractivity contribution in [2.24, 2.45) is 0 Å². The fourth-order valence-corrected chi connectivity index (χ4v) is 0.884. The van der Waals surface area contributed by atoms with Gasteiger partial charge in [0, 0.05) is 32.5 Å². The molecule has 1 rings (SSSR count). The van der Waals surface area contributed by atoms with E-state index in [0.717, 1.165) is 0 Å². The van der Waals surface area contributed by atoms with Crippen molar-refractivity contribution in [2.45, 2.75) is 32.1 Å². The van der Waals surface area contributed by atoms with Crippen LogP contribution in [0.3, 0.4) is 0 Å². The second kappa shape index (κ2) is 7.01. The van der Waals surface area contributed by atoms with Gasteiger partial charge in [0.05, 0.1) is 0 Å². The molecular formula is C5H15NU. The Morgan fingerprint density at radius 3 is 1.00 bits per heavy atom. The van der Waals surface area contributed by atoms with Crippen LogP contribution < -0.4 is 6.15 Å². The molecule has 0 unspecified atom stereocenters. The van der Waals surface area contributed by atoms with E-state index < -0.39 is 0 Å². The third kappa shape index (κ3) is 4.87. The zero-order valence-electron chi connectivity index (χ0n) is 4.74. The normalized spacial score (nSPS) is 17.1. The van der Waals surface area contributed by atoms with Gasteiger partial charge in [0.25, 0.3) is 0 Å². The van der Waals surface area contributed by atoms with E-state index in [9.17, 15) is 0 Å². The Hall–Kier alpha value is 1.01. The van der Waals surface area contributed by atoms with Crippen molar-refractivity contribution >= 4 is 0 Å². The third-order valence-corrected chi connectivity index (χ3v) is 1.25. The van der Waals surface area contributed by atoms with Crippen LogP contribution in [-0.4, -0.2) is 0 Å². The van der Waals surface area contributed by atoms with E-state index in [0.29, 0.717) is 0 Å². The Balaban J connectivity index is -0.0000000833. The van der Waals surface area contributed by atoms with Crippen LogP contribution in [0.5, 0.6) is 0 Å². The molecule has 0 aliphatic heterocycles. The molecule has 0 amide bonds. The topological polar surface area (TPSA) is 35.0 Å². The fourth-order valence-electron chi connectivity index (χ4n) is 0.884. The molecule has 0 aromatic carbocycles. The van der Waals surface area contributed by atoms with Crippen molar-refractivity contribution < 1.29 is 32.5 Å². The Morgan fingerprint density at radius 2 is 0.857 bits per heavy atom. The molecule has 0 spiro atoms. The molecule has 0 aromatic heterocycles. The van der Waals surface area contributed by atoms with E-state index in [1.807, 2.05) is 0 Å². The molecule has 44 valence electrons. The molecule has 0 bridgehead atoms. The van der Waals surface area contributed by atoms with Crippen LogP contribution in [0.25, 0.3) is 0 Å². The molecule has 2 heteroatoms. The van der Waals surface area contributed by atoms with Gasteiger partial charge in [-0.2, -0.15) is 0 Å². The first-order valence-electron chi connectivity index (χ1n) is 2.50. The minimum atomic E-state index is 0. The molecule has 0 heterocycles. The maximum atomic E-state index is 1.50. The minimum absolute atomic E-state index is 0. The van der Waals surface area contributed by atoms with Crippen LogP contribution >= 0.6 is 0 Å². The molecule has 0 radical (unpaired) electrons. The van der Waals surface area contributed by atoms with Gasteiger partial charge in [0.2, 0.25) is 0 Å². The van der Waals surface area contributed by atoms with E-state index >= 15 is 0 Å². The Morgan fingerprint density at radius 1 is 0.714 bits per heavy atom. The molecule has 7 heavy (non-hydrogen) atoms. The summed E-state index contributed by atoms with van der Waals surface area (Å²) in [6, 6.07) is 0. The molecule has 1 fully saturated rings. The van der Waals surface area contributed by atoms with E-state index in [1.54, 1.807) is 0 Å². The number of hydrogen-bond donors (Lipinski definition) is 1. The average molecular weight is 327 g/mol. The smallest absolute Gasteiger partial charge is 0 e. The molecule has 3 N–H and O–H groups in total. The van der Waals surface area contributed by atoms with Gasteiger partial charge in [0.15, 0.2) is 0 Å². The van der Waals surface area contributed by atoms with Crippen molar-refractivity contribution in [3.05, 3.63) is 0 Å². The van der Waals surface area contributed by atoms with Crippen molar-refractivity contribution in [2.75, 3.05) is 0 Å². The number of hydrogen-bond acceptors (Lipinski definition) is 1. The monoisotopic (exact) mass is 327 g/mol. The average Bonchev–Trinajstić information content (AvgIpc) is 1.76. The summed E-state index contributed by atoms with van der Waals surface area (Å²) in [6.07, 6.45) is 7.50. The Kier molecular flexibility index (Phi) is 10.9. The van der Waals surface area contributed by atoms with Crippen LogP contribution in [0.2, 0.25) is 0 Å². The molecule has 1 saturated carbocycles. The van der Waals surface area contributed by atoms with Gasteiger partial charge in [-0.3, -0.25) is 0 Å². The fraction of sp³-hybridized carbons (Fsp3) is 1.00. The van der Waals surface area contributed by atoms with Gasteiger partial charge < -0.3 is 6.15 Å². The zero-order valence-corrected chi connectivity index (χ0v) is 8.91. The Bertz CT molecular complexity index is 24.0. The summed E-state index contributed by atoms with van der Waals surface area (Å²) < 4.78 is 0. The van der Waals surface area contributed by atoms with E-state index in [1.165, 1.54) is 32.1 Å². The minimum Gasteiger partial charge on any atom is -0.344 e. The second-order valence-electron chi connectivity index (χ2n) is 1.77. The quantitative estimate of drug-likeness (QED) is 0.728. The van der Waals surface area contributed by atoms with Crippen LogP contribution in [0, 0.1) is 31.1 Å². The Labute approximate surface area is 70.7 Å². The van der Waals surface area contributed by atoms with Crippen molar-refractivity contribution in [1.29, 1.82) is 0 Å². The van der Waals surface area contributed by atoms with Crippen molar-refractivity contribution in [1.82, 2.24) is 6.15 Å². The first-order chi connectivity index (χ1) is 2.50.